The summed E-state index contributed by atoms with van der Waals surface area (Å²) in [6.45, 7) is 0.506. The summed E-state index contributed by atoms with van der Waals surface area (Å²) in [7, 11) is 1.80. The van der Waals surface area contributed by atoms with Crippen molar-refractivity contribution in [2.24, 2.45) is 0 Å². The SMILES string of the molecule is CN(C(=O)CCNc1ncnc2scc(-c3ccccc3)c12)c1ccccc1. The third-order valence-electron chi connectivity index (χ3n) is 4.60. The van der Waals surface area contributed by atoms with Crippen molar-refractivity contribution in [3.8, 4) is 11.1 Å². The number of nitrogens with zero attached hydrogens (tertiary/aromatic N) is 3. The Morgan fingerprint density at radius 2 is 1.75 bits per heavy atom. The van der Waals surface area contributed by atoms with E-state index in [1.807, 2.05) is 48.5 Å². The molecule has 4 aromatic rings. The van der Waals surface area contributed by atoms with Crippen LogP contribution in [0.15, 0.2) is 72.4 Å². The number of fused-ring (bicyclic) bond motifs is 1. The number of para-hydroxylation sites is 1. The highest BCUT2D eigenvalue weighted by atomic mass is 32.1. The minimum Gasteiger partial charge on any atom is -0.369 e. The molecule has 2 aromatic heterocycles. The number of thiophene rings is 1. The Balaban J connectivity index is 1.50. The van der Waals surface area contributed by atoms with Crippen LogP contribution in [0.2, 0.25) is 0 Å². The van der Waals surface area contributed by atoms with Gasteiger partial charge in [-0.3, -0.25) is 4.79 Å². The van der Waals surface area contributed by atoms with Crippen LogP contribution in [0.5, 0.6) is 0 Å². The number of hydrogen-bond acceptors (Lipinski definition) is 5. The molecule has 0 unspecified atom stereocenters. The van der Waals surface area contributed by atoms with Gasteiger partial charge in [0, 0.05) is 36.6 Å². The van der Waals surface area contributed by atoms with E-state index in [0.717, 1.165) is 32.8 Å². The highest BCUT2D eigenvalue weighted by molar-refractivity contribution is 7.17. The molecule has 0 saturated carbocycles. The zero-order valence-corrected chi connectivity index (χ0v) is 16.3. The fourth-order valence-corrected chi connectivity index (χ4v) is 4.01. The molecule has 0 radical (unpaired) electrons. The van der Waals surface area contributed by atoms with Crippen LogP contribution < -0.4 is 10.2 Å². The topological polar surface area (TPSA) is 58.1 Å². The Morgan fingerprint density at radius 1 is 1.04 bits per heavy atom. The Labute approximate surface area is 167 Å². The number of carbonyl (C=O) groups is 1. The number of nitrogens with one attached hydrogen (secondary N) is 1. The smallest absolute Gasteiger partial charge is 0.228 e. The molecule has 0 saturated heterocycles. The van der Waals surface area contributed by atoms with Gasteiger partial charge in [-0.15, -0.1) is 11.3 Å². The number of hydrogen-bond donors (Lipinski definition) is 1. The van der Waals surface area contributed by atoms with Crippen LogP contribution in [0.25, 0.3) is 21.3 Å². The van der Waals surface area contributed by atoms with Gasteiger partial charge in [0.05, 0.1) is 5.39 Å². The largest absolute Gasteiger partial charge is 0.369 e. The summed E-state index contributed by atoms with van der Waals surface area (Å²) < 4.78 is 0. The number of anilines is 2. The van der Waals surface area contributed by atoms with Gasteiger partial charge >= 0.3 is 0 Å². The van der Waals surface area contributed by atoms with E-state index in [4.69, 9.17) is 0 Å². The number of amides is 1. The van der Waals surface area contributed by atoms with Crippen molar-refractivity contribution in [1.29, 1.82) is 0 Å². The summed E-state index contributed by atoms with van der Waals surface area (Å²) in [4.78, 5) is 23.9. The van der Waals surface area contributed by atoms with E-state index in [9.17, 15) is 4.79 Å². The molecule has 2 aromatic carbocycles. The molecule has 0 aliphatic rings. The van der Waals surface area contributed by atoms with E-state index in [0.29, 0.717) is 13.0 Å². The number of aromatic nitrogens is 2. The van der Waals surface area contributed by atoms with E-state index in [1.165, 1.54) is 0 Å². The average Bonchev–Trinajstić information content (AvgIpc) is 3.19. The second-order valence-electron chi connectivity index (χ2n) is 6.38. The predicted molar refractivity (Wildman–Crippen MR) is 116 cm³/mol. The molecule has 1 N–H and O–H groups in total. The fraction of sp³-hybridized carbons (Fsp3) is 0.136. The van der Waals surface area contributed by atoms with Gasteiger partial charge in [-0.05, 0) is 17.7 Å². The average molecular weight is 388 g/mol. The lowest BCUT2D eigenvalue weighted by Crippen LogP contribution is -2.27. The van der Waals surface area contributed by atoms with E-state index in [2.05, 4.69) is 32.8 Å². The summed E-state index contributed by atoms with van der Waals surface area (Å²) in [6.07, 6.45) is 1.94. The number of benzene rings is 2. The normalized spacial score (nSPS) is 10.8. The summed E-state index contributed by atoms with van der Waals surface area (Å²) in [5.74, 6) is 0.817. The van der Waals surface area contributed by atoms with Gasteiger partial charge in [-0.25, -0.2) is 9.97 Å². The first kappa shape index (κ1) is 18.1. The van der Waals surface area contributed by atoms with Crippen molar-refractivity contribution in [3.05, 3.63) is 72.4 Å². The summed E-state index contributed by atoms with van der Waals surface area (Å²) in [5.41, 5.74) is 3.13. The third-order valence-corrected chi connectivity index (χ3v) is 5.49. The molecule has 0 atom stereocenters. The monoisotopic (exact) mass is 388 g/mol. The number of carbonyl (C=O) groups excluding carboxylic acids is 1. The van der Waals surface area contributed by atoms with Crippen LogP contribution in [-0.4, -0.2) is 29.5 Å². The van der Waals surface area contributed by atoms with E-state index < -0.39 is 0 Å². The second kappa shape index (κ2) is 8.19. The lowest BCUT2D eigenvalue weighted by atomic mass is 10.1. The van der Waals surface area contributed by atoms with Crippen LogP contribution in [-0.2, 0) is 4.79 Å². The molecule has 6 heteroatoms. The van der Waals surface area contributed by atoms with Crippen molar-refractivity contribution in [3.63, 3.8) is 0 Å². The van der Waals surface area contributed by atoms with Gasteiger partial charge in [0.2, 0.25) is 5.91 Å². The van der Waals surface area contributed by atoms with E-state index in [-0.39, 0.29) is 5.91 Å². The van der Waals surface area contributed by atoms with Crippen LogP contribution >= 0.6 is 11.3 Å². The van der Waals surface area contributed by atoms with Crippen LogP contribution in [0.3, 0.4) is 0 Å². The lowest BCUT2D eigenvalue weighted by Gasteiger charge is -2.17. The molecular weight excluding hydrogens is 368 g/mol. The van der Waals surface area contributed by atoms with Gasteiger partial charge in [-0.1, -0.05) is 48.5 Å². The first-order chi connectivity index (χ1) is 13.7. The second-order valence-corrected chi connectivity index (χ2v) is 7.24. The molecule has 4 rings (SSSR count). The summed E-state index contributed by atoms with van der Waals surface area (Å²) in [6, 6.07) is 19.9. The van der Waals surface area contributed by atoms with Gasteiger partial charge < -0.3 is 10.2 Å². The molecule has 0 spiro atoms. The quantitative estimate of drug-likeness (QED) is 0.514. The molecule has 5 nitrogen and oxygen atoms in total. The van der Waals surface area contributed by atoms with E-state index >= 15 is 0 Å². The molecule has 0 aliphatic heterocycles. The zero-order chi connectivity index (χ0) is 19.3. The van der Waals surface area contributed by atoms with Crippen molar-refractivity contribution in [2.45, 2.75) is 6.42 Å². The maximum atomic E-state index is 12.5. The Bertz CT molecular complexity index is 1080. The minimum atomic E-state index is 0.0533. The highest BCUT2D eigenvalue weighted by Gasteiger charge is 2.14. The molecule has 28 heavy (non-hydrogen) atoms. The highest BCUT2D eigenvalue weighted by Crippen LogP contribution is 2.36. The van der Waals surface area contributed by atoms with Crippen molar-refractivity contribution in [1.82, 2.24) is 9.97 Å². The van der Waals surface area contributed by atoms with Gasteiger partial charge in [0.25, 0.3) is 0 Å². The number of rotatable bonds is 6. The summed E-state index contributed by atoms with van der Waals surface area (Å²) >= 11 is 1.60. The van der Waals surface area contributed by atoms with Crippen LogP contribution in [0, 0.1) is 0 Å². The molecule has 0 bridgehead atoms. The Kier molecular flexibility index (Phi) is 5.30. The standard InChI is InChI=1S/C22H20N4OS/c1-26(17-10-6-3-7-11-17)19(27)12-13-23-21-20-18(16-8-4-2-5-9-16)14-28-22(20)25-15-24-21/h2-11,14-15H,12-13H2,1H3,(H,23,24,25). The molecule has 140 valence electrons. The van der Waals surface area contributed by atoms with Gasteiger partial charge in [-0.2, -0.15) is 0 Å². The molecule has 0 aliphatic carbocycles. The minimum absolute atomic E-state index is 0.0533. The van der Waals surface area contributed by atoms with Crippen LogP contribution in [0.4, 0.5) is 11.5 Å². The molecule has 0 fully saturated rings. The lowest BCUT2D eigenvalue weighted by molar-refractivity contribution is -0.118. The predicted octanol–water partition coefficient (Wildman–Crippen LogP) is 4.82. The van der Waals surface area contributed by atoms with Crippen molar-refractivity contribution < 1.29 is 4.79 Å². The van der Waals surface area contributed by atoms with Crippen molar-refractivity contribution in [2.75, 3.05) is 23.8 Å². The van der Waals surface area contributed by atoms with E-state index in [1.54, 1.807) is 29.6 Å². The maximum absolute atomic E-state index is 12.5. The Hall–Kier alpha value is -3.25. The molecule has 1 amide bonds. The first-order valence-electron chi connectivity index (χ1n) is 9.07. The van der Waals surface area contributed by atoms with Gasteiger partial charge in [0.1, 0.15) is 17.0 Å². The summed E-state index contributed by atoms with van der Waals surface area (Å²) in [5, 5.41) is 6.44. The fourth-order valence-electron chi connectivity index (χ4n) is 3.09. The first-order valence-corrected chi connectivity index (χ1v) is 9.95. The molecular formula is C22H20N4OS. The third kappa shape index (κ3) is 3.73. The maximum Gasteiger partial charge on any atom is 0.228 e. The Morgan fingerprint density at radius 3 is 2.50 bits per heavy atom. The molecule has 2 heterocycles. The van der Waals surface area contributed by atoms with Gasteiger partial charge in [0.15, 0.2) is 0 Å². The van der Waals surface area contributed by atoms with Crippen LogP contribution in [0.1, 0.15) is 6.42 Å². The van der Waals surface area contributed by atoms with Crippen molar-refractivity contribution >= 4 is 39.0 Å². The zero-order valence-electron chi connectivity index (χ0n) is 15.5.